The molecular weight excluding hydrogens is 525 g/mol. The summed E-state index contributed by atoms with van der Waals surface area (Å²) in [4.78, 5) is 14.3. The maximum atomic E-state index is 16.6. The lowest BCUT2D eigenvalue weighted by atomic mass is 9.96. The Morgan fingerprint density at radius 2 is 1.80 bits per heavy atom. The molecule has 6 nitrogen and oxygen atoms in total. The first-order valence-electron chi connectivity index (χ1n) is 14.6. The second kappa shape index (κ2) is 10.8. The number of halogens is 2. The highest BCUT2D eigenvalue weighted by molar-refractivity contribution is 6.35. The van der Waals surface area contributed by atoms with Crippen LogP contribution in [-0.2, 0) is 0 Å². The van der Waals surface area contributed by atoms with Crippen molar-refractivity contribution in [1.82, 2.24) is 20.2 Å². The van der Waals surface area contributed by atoms with Gasteiger partial charge in [0.15, 0.2) is 5.82 Å². The number of anilines is 1. The number of benzene rings is 3. The van der Waals surface area contributed by atoms with Crippen molar-refractivity contribution in [2.45, 2.75) is 57.2 Å². The molecule has 4 aromatic rings. The lowest BCUT2D eigenvalue weighted by Crippen LogP contribution is -2.51. The monoisotopic (exact) mass is 559 g/mol. The lowest BCUT2D eigenvalue weighted by molar-refractivity contribution is 0.130. The Bertz CT molecular complexity index is 1550. The highest BCUT2D eigenvalue weighted by Crippen LogP contribution is 2.41. The van der Waals surface area contributed by atoms with Crippen LogP contribution in [0.15, 0.2) is 48.5 Å². The van der Waals surface area contributed by atoms with Crippen LogP contribution in [0, 0.1) is 5.82 Å². The minimum Gasteiger partial charge on any atom is -0.462 e. The lowest BCUT2D eigenvalue weighted by Gasteiger charge is -2.34. The van der Waals surface area contributed by atoms with Gasteiger partial charge in [0, 0.05) is 48.7 Å². The van der Waals surface area contributed by atoms with E-state index in [0.29, 0.717) is 46.5 Å². The first-order valence-corrected chi connectivity index (χ1v) is 15.0. The summed E-state index contributed by atoms with van der Waals surface area (Å²) in [6.45, 7) is 6.26. The highest BCUT2D eigenvalue weighted by atomic mass is 35.5. The smallest absolute Gasteiger partial charge is 0.319 e. The third-order valence-corrected chi connectivity index (χ3v) is 9.27. The largest absolute Gasteiger partial charge is 0.462 e. The van der Waals surface area contributed by atoms with E-state index in [1.54, 1.807) is 0 Å². The SMILES string of the molecule is C[C@H]1CCCCN1CCOc1nc(N2CC3CCC(C2)N3)c2cc(Cl)c(-c3cccc4ccccc34)c(F)c2n1. The molecule has 4 heterocycles. The average Bonchev–Trinajstić information content (AvgIpc) is 3.31. The Morgan fingerprint density at radius 1 is 1.00 bits per heavy atom. The van der Waals surface area contributed by atoms with Crippen LogP contribution in [0.5, 0.6) is 6.01 Å². The van der Waals surface area contributed by atoms with Crippen molar-refractivity contribution >= 4 is 39.1 Å². The third-order valence-electron chi connectivity index (χ3n) is 8.97. The fourth-order valence-corrected chi connectivity index (χ4v) is 7.16. The predicted octanol–water partition coefficient (Wildman–Crippen LogP) is 6.44. The van der Waals surface area contributed by atoms with Gasteiger partial charge in [-0.05, 0) is 61.6 Å². The van der Waals surface area contributed by atoms with Crippen molar-refractivity contribution in [1.29, 1.82) is 0 Å². The second-order valence-electron chi connectivity index (χ2n) is 11.6. The van der Waals surface area contributed by atoms with Gasteiger partial charge in [-0.1, -0.05) is 60.5 Å². The minimum atomic E-state index is -0.435. The first-order chi connectivity index (χ1) is 19.5. The summed E-state index contributed by atoms with van der Waals surface area (Å²) in [5, 5.41) is 6.65. The van der Waals surface area contributed by atoms with Crippen LogP contribution in [0.4, 0.5) is 10.2 Å². The van der Waals surface area contributed by atoms with E-state index in [1.807, 2.05) is 48.5 Å². The summed E-state index contributed by atoms with van der Waals surface area (Å²) in [6.07, 6.45) is 5.99. The molecule has 0 radical (unpaired) electrons. The van der Waals surface area contributed by atoms with Crippen LogP contribution in [-0.4, -0.2) is 65.8 Å². The minimum absolute atomic E-state index is 0.225. The number of likely N-dealkylation sites (tertiary alicyclic amines) is 1. The van der Waals surface area contributed by atoms with E-state index in [4.69, 9.17) is 21.3 Å². The average molecular weight is 560 g/mol. The zero-order valence-corrected chi connectivity index (χ0v) is 23.6. The number of ether oxygens (including phenoxy) is 1. The van der Waals surface area contributed by atoms with Crippen molar-refractivity contribution in [2.24, 2.45) is 0 Å². The molecule has 0 spiro atoms. The Hall–Kier alpha value is -3.00. The van der Waals surface area contributed by atoms with Crippen molar-refractivity contribution < 1.29 is 9.13 Å². The van der Waals surface area contributed by atoms with Gasteiger partial charge in [-0.2, -0.15) is 9.97 Å². The van der Waals surface area contributed by atoms with Gasteiger partial charge in [-0.15, -0.1) is 0 Å². The fourth-order valence-electron chi connectivity index (χ4n) is 6.87. The maximum absolute atomic E-state index is 16.6. The van der Waals surface area contributed by atoms with Crippen LogP contribution in [0.3, 0.4) is 0 Å². The standard InChI is InChI=1S/C32H35ClFN5O/c1-20-7-4-5-14-38(20)15-16-40-32-36-30-26(31(37-32)39-18-22-12-13-23(19-39)35-22)17-27(33)28(29(30)34)25-11-6-9-21-8-2-3-10-24(21)25/h2-3,6,8-11,17,20,22-23,35H,4-5,7,12-16,18-19H2,1H3/t20-,22?,23?/m0/s1. The number of nitrogens with zero attached hydrogens (tertiary/aromatic N) is 4. The predicted molar refractivity (Wildman–Crippen MR) is 160 cm³/mol. The number of aromatic nitrogens is 2. The Balaban J connectivity index is 1.31. The summed E-state index contributed by atoms with van der Waals surface area (Å²) in [6, 6.07) is 17.3. The normalized spacial score (nSPS) is 23.3. The van der Waals surface area contributed by atoms with E-state index in [-0.39, 0.29) is 11.5 Å². The molecule has 3 aliphatic heterocycles. The molecule has 8 heteroatoms. The Morgan fingerprint density at radius 3 is 2.62 bits per heavy atom. The first kappa shape index (κ1) is 25.9. The second-order valence-corrected chi connectivity index (χ2v) is 12.0. The van der Waals surface area contributed by atoms with Crippen LogP contribution in [0.2, 0.25) is 5.02 Å². The molecule has 208 valence electrons. The number of piperazine rings is 1. The van der Waals surface area contributed by atoms with Crippen molar-refractivity contribution in [2.75, 3.05) is 37.7 Å². The summed E-state index contributed by atoms with van der Waals surface area (Å²) < 4.78 is 22.8. The molecule has 7 rings (SSSR count). The van der Waals surface area contributed by atoms with Crippen molar-refractivity contribution in [3.05, 3.63) is 59.4 Å². The highest BCUT2D eigenvalue weighted by Gasteiger charge is 2.34. The molecule has 3 atom stereocenters. The summed E-state index contributed by atoms with van der Waals surface area (Å²) in [7, 11) is 0. The number of piperidine rings is 1. The van der Waals surface area contributed by atoms with E-state index >= 15 is 4.39 Å². The van der Waals surface area contributed by atoms with E-state index < -0.39 is 5.82 Å². The van der Waals surface area contributed by atoms with E-state index in [9.17, 15) is 0 Å². The molecule has 1 aromatic heterocycles. The number of fused-ring (bicyclic) bond motifs is 4. The summed E-state index contributed by atoms with van der Waals surface area (Å²) >= 11 is 6.88. The molecule has 1 N–H and O–H groups in total. The van der Waals surface area contributed by atoms with Gasteiger partial charge in [-0.3, -0.25) is 4.90 Å². The quantitative estimate of drug-likeness (QED) is 0.293. The van der Waals surface area contributed by atoms with E-state index in [0.717, 1.165) is 55.4 Å². The van der Waals surface area contributed by atoms with Crippen molar-refractivity contribution in [3.8, 4) is 17.1 Å². The van der Waals surface area contributed by atoms with Gasteiger partial charge in [-0.25, -0.2) is 4.39 Å². The molecule has 0 aliphatic carbocycles. The number of hydrogen-bond donors (Lipinski definition) is 1. The molecule has 3 aromatic carbocycles. The maximum Gasteiger partial charge on any atom is 0.319 e. The zero-order valence-electron chi connectivity index (χ0n) is 22.9. The molecular formula is C32H35ClFN5O. The summed E-state index contributed by atoms with van der Waals surface area (Å²) in [5.74, 6) is 0.269. The van der Waals surface area contributed by atoms with Crippen molar-refractivity contribution in [3.63, 3.8) is 0 Å². The van der Waals surface area contributed by atoms with Crippen LogP contribution in [0.1, 0.15) is 39.0 Å². The fraction of sp³-hybridized carbons (Fsp3) is 0.438. The van der Waals surface area contributed by atoms with Gasteiger partial charge in [0.05, 0.1) is 5.02 Å². The molecule has 0 amide bonds. The topological polar surface area (TPSA) is 53.5 Å². The molecule has 3 aliphatic rings. The van der Waals surface area contributed by atoms with Gasteiger partial charge >= 0.3 is 6.01 Å². The molecule has 2 bridgehead atoms. The number of nitrogens with one attached hydrogen (secondary N) is 1. The van der Waals surface area contributed by atoms with Crippen LogP contribution in [0.25, 0.3) is 32.8 Å². The van der Waals surface area contributed by atoms with Gasteiger partial charge < -0.3 is 15.0 Å². The van der Waals surface area contributed by atoms with Crippen LogP contribution < -0.4 is 15.0 Å². The zero-order chi connectivity index (χ0) is 27.2. The Kier molecular flexibility index (Phi) is 6.98. The van der Waals surface area contributed by atoms with Gasteiger partial charge in [0.1, 0.15) is 17.9 Å². The van der Waals surface area contributed by atoms with Gasteiger partial charge in [0.25, 0.3) is 0 Å². The molecule has 0 saturated carbocycles. The summed E-state index contributed by atoms with van der Waals surface area (Å²) in [5.41, 5.74) is 1.37. The van der Waals surface area contributed by atoms with E-state index in [2.05, 4.69) is 27.0 Å². The number of hydrogen-bond acceptors (Lipinski definition) is 6. The third kappa shape index (κ3) is 4.78. The van der Waals surface area contributed by atoms with Gasteiger partial charge in [0.2, 0.25) is 0 Å². The molecule has 2 unspecified atom stereocenters. The van der Waals surface area contributed by atoms with Crippen LogP contribution >= 0.6 is 11.6 Å². The molecule has 3 fully saturated rings. The van der Waals surface area contributed by atoms with E-state index in [1.165, 1.54) is 19.3 Å². The molecule has 3 saturated heterocycles. The Labute approximate surface area is 239 Å². The number of rotatable bonds is 6. The molecule has 40 heavy (non-hydrogen) atoms.